The summed E-state index contributed by atoms with van der Waals surface area (Å²) in [6.45, 7) is 10.6. The van der Waals surface area contributed by atoms with Crippen LogP contribution in [0.2, 0.25) is 0 Å². The van der Waals surface area contributed by atoms with Gasteiger partial charge in [0, 0.05) is 18.3 Å². The fourth-order valence-corrected chi connectivity index (χ4v) is 2.94. The monoisotopic (exact) mass is 439 g/mol. The van der Waals surface area contributed by atoms with E-state index in [1.165, 1.54) is 24.1 Å². The second-order valence-electron chi connectivity index (χ2n) is 9.07. The summed E-state index contributed by atoms with van der Waals surface area (Å²) >= 11 is 4.17. The van der Waals surface area contributed by atoms with Crippen LogP contribution < -0.4 is 10.6 Å². The van der Waals surface area contributed by atoms with Gasteiger partial charge in [0.25, 0.3) is 0 Å². The standard InChI is InChI=1S/C21H33N3O5S/c1-20(2,3)23-17(26)16(13-9-8-10-14(25)11-13)24(7)18(27)15(12-30)22-19(28)29-21(4,5)6/h8-11,15-16,25,30H,12H2,1-7H3,(H,22,28)(H,23,26). The van der Waals surface area contributed by atoms with Gasteiger partial charge in [0.15, 0.2) is 0 Å². The molecule has 0 radical (unpaired) electrons. The summed E-state index contributed by atoms with van der Waals surface area (Å²) in [7, 11) is 1.46. The molecular formula is C21H33N3O5S. The molecule has 30 heavy (non-hydrogen) atoms. The Morgan fingerprint density at radius 1 is 1.17 bits per heavy atom. The molecule has 0 aliphatic heterocycles. The van der Waals surface area contributed by atoms with Crippen molar-refractivity contribution in [3.63, 3.8) is 0 Å². The third-order valence-electron chi connectivity index (χ3n) is 3.84. The van der Waals surface area contributed by atoms with Gasteiger partial charge in [-0.15, -0.1) is 0 Å². The van der Waals surface area contributed by atoms with Gasteiger partial charge in [0.2, 0.25) is 11.8 Å². The van der Waals surface area contributed by atoms with Crippen molar-refractivity contribution in [3.05, 3.63) is 29.8 Å². The predicted molar refractivity (Wildman–Crippen MR) is 119 cm³/mol. The smallest absolute Gasteiger partial charge is 0.408 e. The minimum atomic E-state index is -1.02. The Bertz CT molecular complexity index is 771. The van der Waals surface area contributed by atoms with Crippen LogP contribution in [0.5, 0.6) is 5.75 Å². The highest BCUT2D eigenvalue weighted by Crippen LogP contribution is 2.25. The molecule has 0 aliphatic carbocycles. The van der Waals surface area contributed by atoms with E-state index in [2.05, 4.69) is 23.3 Å². The quantitative estimate of drug-likeness (QED) is 0.510. The number of phenolic OH excluding ortho intramolecular Hbond substituents is 1. The number of rotatable bonds is 6. The highest BCUT2D eigenvalue weighted by molar-refractivity contribution is 7.80. The van der Waals surface area contributed by atoms with E-state index in [1.807, 2.05) is 20.8 Å². The van der Waals surface area contributed by atoms with Crippen molar-refractivity contribution in [3.8, 4) is 5.75 Å². The second-order valence-corrected chi connectivity index (χ2v) is 9.43. The van der Waals surface area contributed by atoms with Gasteiger partial charge in [-0.3, -0.25) is 9.59 Å². The van der Waals surface area contributed by atoms with E-state index in [-0.39, 0.29) is 11.5 Å². The van der Waals surface area contributed by atoms with Crippen molar-refractivity contribution in [1.29, 1.82) is 0 Å². The number of amides is 3. The summed E-state index contributed by atoms with van der Waals surface area (Å²) in [5.41, 5.74) is -0.826. The van der Waals surface area contributed by atoms with Crippen molar-refractivity contribution in [1.82, 2.24) is 15.5 Å². The number of likely N-dealkylation sites (N-methyl/N-ethyl adjacent to an activating group) is 1. The van der Waals surface area contributed by atoms with Gasteiger partial charge in [0.05, 0.1) is 0 Å². The number of ether oxygens (including phenoxy) is 1. The molecule has 0 aliphatic rings. The summed E-state index contributed by atoms with van der Waals surface area (Å²) in [6, 6.07) is 4.11. The molecule has 0 bridgehead atoms. The van der Waals surface area contributed by atoms with Crippen molar-refractivity contribution >= 4 is 30.5 Å². The van der Waals surface area contributed by atoms with E-state index in [9.17, 15) is 19.5 Å². The number of thiol groups is 1. The molecule has 3 N–H and O–H groups in total. The molecule has 3 amide bonds. The van der Waals surface area contributed by atoms with Crippen molar-refractivity contribution < 1.29 is 24.2 Å². The Morgan fingerprint density at radius 2 is 1.77 bits per heavy atom. The average Bonchev–Trinajstić information content (AvgIpc) is 2.56. The number of aromatic hydroxyl groups is 1. The normalized spacial score (nSPS) is 13.7. The van der Waals surface area contributed by atoms with E-state index in [1.54, 1.807) is 32.9 Å². The Kier molecular flexibility index (Phi) is 8.59. The van der Waals surface area contributed by atoms with Gasteiger partial charge in [-0.25, -0.2) is 4.79 Å². The minimum Gasteiger partial charge on any atom is -0.508 e. The molecule has 0 aromatic heterocycles. The third kappa shape index (κ3) is 8.14. The van der Waals surface area contributed by atoms with Crippen LogP contribution in [-0.2, 0) is 14.3 Å². The zero-order chi connectivity index (χ0) is 23.3. The molecule has 1 rings (SSSR count). The molecule has 2 unspecified atom stereocenters. The highest BCUT2D eigenvalue weighted by atomic mass is 32.1. The maximum Gasteiger partial charge on any atom is 0.408 e. The first kappa shape index (κ1) is 25.6. The summed E-state index contributed by atoms with van der Waals surface area (Å²) < 4.78 is 5.21. The second kappa shape index (κ2) is 10.1. The van der Waals surface area contributed by atoms with Crippen molar-refractivity contribution in [2.75, 3.05) is 12.8 Å². The fraction of sp³-hybridized carbons (Fsp3) is 0.571. The summed E-state index contributed by atoms with van der Waals surface area (Å²) in [6.07, 6.45) is -0.753. The molecular weight excluding hydrogens is 406 g/mol. The first-order valence-corrected chi connectivity index (χ1v) is 10.3. The molecule has 0 saturated heterocycles. The highest BCUT2D eigenvalue weighted by Gasteiger charge is 2.34. The van der Waals surface area contributed by atoms with Crippen LogP contribution >= 0.6 is 12.6 Å². The molecule has 168 valence electrons. The Labute approximate surface area is 183 Å². The maximum atomic E-state index is 13.1. The van der Waals surface area contributed by atoms with Crippen LogP contribution in [-0.4, -0.2) is 57.9 Å². The number of hydrogen-bond donors (Lipinski definition) is 4. The number of hydrogen-bond acceptors (Lipinski definition) is 6. The lowest BCUT2D eigenvalue weighted by Gasteiger charge is -2.33. The number of phenols is 1. The summed E-state index contributed by atoms with van der Waals surface area (Å²) in [4.78, 5) is 39.5. The van der Waals surface area contributed by atoms with Crippen LogP contribution in [0, 0.1) is 0 Å². The predicted octanol–water partition coefficient (Wildman–Crippen LogP) is 2.63. The van der Waals surface area contributed by atoms with Crippen LogP contribution in [0.3, 0.4) is 0 Å². The number of carbonyl (C=O) groups is 3. The lowest BCUT2D eigenvalue weighted by atomic mass is 10.0. The molecule has 1 aromatic carbocycles. The van der Waals surface area contributed by atoms with Crippen LogP contribution in [0.1, 0.15) is 53.1 Å². The molecule has 1 aromatic rings. The zero-order valence-electron chi connectivity index (χ0n) is 18.6. The lowest BCUT2D eigenvalue weighted by molar-refractivity contribution is -0.141. The van der Waals surface area contributed by atoms with E-state index in [0.717, 1.165) is 0 Å². The topological polar surface area (TPSA) is 108 Å². The fourth-order valence-electron chi connectivity index (χ4n) is 2.69. The van der Waals surface area contributed by atoms with E-state index in [4.69, 9.17) is 4.74 Å². The van der Waals surface area contributed by atoms with Crippen LogP contribution in [0.4, 0.5) is 4.79 Å². The Hall–Kier alpha value is -2.42. The first-order chi connectivity index (χ1) is 13.6. The molecule has 0 fully saturated rings. The van der Waals surface area contributed by atoms with E-state index < -0.39 is 41.1 Å². The maximum absolute atomic E-state index is 13.1. The average molecular weight is 440 g/mol. The molecule has 9 heteroatoms. The van der Waals surface area contributed by atoms with Gasteiger partial charge in [0.1, 0.15) is 23.4 Å². The molecule has 0 spiro atoms. The van der Waals surface area contributed by atoms with Gasteiger partial charge < -0.3 is 25.4 Å². The van der Waals surface area contributed by atoms with E-state index >= 15 is 0 Å². The van der Waals surface area contributed by atoms with Gasteiger partial charge in [-0.05, 0) is 59.2 Å². The molecule has 0 saturated carbocycles. The number of nitrogens with one attached hydrogen (secondary N) is 2. The van der Waals surface area contributed by atoms with E-state index in [0.29, 0.717) is 5.56 Å². The van der Waals surface area contributed by atoms with Gasteiger partial charge in [-0.2, -0.15) is 12.6 Å². The van der Waals surface area contributed by atoms with Crippen LogP contribution in [0.15, 0.2) is 24.3 Å². The molecule has 8 nitrogen and oxygen atoms in total. The number of benzene rings is 1. The minimum absolute atomic E-state index is 0.00999. The number of carbonyl (C=O) groups excluding carboxylic acids is 3. The zero-order valence-corrected chi connectivity index (χ0v) is 19.5. The summed E-state index contributed by atoms with van der Waals surface area (Å²) in [5, 5.41) is 15.2. The lowest BCUT2D eigenvalue weighted by Crippen LogP contribution is -2.54. The summed E-state index contributed by atoms with van der Waals surface area (Å²) in [5.74, 6) is -0.956. The Balaban J connectivity index is 3.17. The molecule has 2 atom stereocenters. The third-order valence-corrected chi connectivity index (χ3v) is 4.20. The van der Waals surface area contributed by atoms with Crippen molar-refractivity contribution in [2.24, 2.45) is 0 Å². The first-order valence-electron chi connectivity index (χ1n) is 9.62. The van der Waals surface area contributed by atoms with Gasteiger partial charge in [-0.1, -0.05) is 12.1 Å². The molecule has 0 heterocycles. The SMILES string of the molecule is CN(C(=O)C(CS)NC(=O)OC(C)(C)C)C(C(=O)NC(C)(C)C)c1cccc(O)c1. The Morgan fingerprint density at radius 3 is 2.23 bits per heavy atom. The van der Waals surface area contributed by atoms with Crippen molar-refractivity contribution in [2.45, 2.75) is 64.8 Å². The number of nitrogens with zero attached hydrogens (tertiary/aromatic N) is 1. The van der Waals surface area contributed by atoms with Crippen LogP contribution in [0.25, 0.3) is 0 Å². The number of alkyl carbamates (subject to hydrolysis) is 1. The largest absolute Gasteiger partial charge is 0.508 e. The van der Waals surface area contributed by atoms with Gasteiger partial charge >= 0.3 is 6.09 Å².